The van der Waals surface area contributed by atoms with Gasteiger partial charge in [0.2, 0.25) is 0 Å². The van der Waals surface area contributed by atoms with Crippen LogP contribution < -0.4 is 0 Å². The molecule has 0 bridgehead atoms. The quantitative estimate of drug-likeness (QED) is 0.804. The normalized spacial score (nSPS) is 17.4. The van der Waals surface area contributed by atoms with Crippen LogP contribution in [0, 0.1) is 0 Å². The first-order valence-electron chi connectivity index (χ1n) is 7.21. The van der Waals surface area contributed by atoms with E-state index in [0.717, 1.165) is 26.1 Å². The summed E-state index contributed by atoms with van der Waals surface area (Å²) in [6, 6.07) is 0.702. The SMILES string of the molecule is OCCN(CCCn1ccnc1)C1CCCCC1. The molecule has 0 radical (unpaired) electrons. The van der Waals surface area contributed by atoms with Gasteiger partial charge in [-0.2, -0.15) is 0 Å². The van der Waals surface area contributed by atoms with Crippen molar-refractivity contribution in [2.45, 2.75) is 51.1 Å². The summed E-state index contributed by atoms with van der Waals surface area (Å²) in [7, 11) is 0. The molecule has 1 N–H and O–H groups in total. The third-order valence-corrected chi connectivity index (χ3v) is 3.90. The van der Waals surface area contributed by atoms with Crippen LogP contribution in [-0.4, -0.2) is 45.3 Å². The summed E-state index contributed by atoms with van der Waals surface area (Å²) < 4.78 is 2.12. The van der Waals surface area contributed by atoms with Crippen molar-refractivity contribution in [3.63, 3.8) is 0 Å². The molecule has 0 saturated heterocycles. The second-order valence-electron chi connectivity index (χ2n) is 5.21. The Morgan fingerprint density at radius 2 is 2.06 bits per heavy atom. The van der Waals surface area contributed by atoms with Crippen LogP contribution in [0.25, 0.3) is 0 Å². The fraction of sp³-hybridized carbons (Fsp3) is 0.786. The van der Waals surface area contributed by atoms with Crippen molar-refractivity contribution in [3.8, 4) is 0 Å². The number of nitrogens with zero attached hydrogens (tertiary/aromatic N) is 3. The highest BCUT2D eigenvalue weighted by Crippen LogP contribution is 2.22. The summed E-state index contributed by atoms with van der Waals surface area (Å²) in [5.41, 5.74) is 0. The second-order valence-corrected chi connectivity index (χ2v) is 5.21. The topological polar surface area (TPSA) is 41.3 Å². The number of rotatable bonds is 7. The molecule has 4 nitrogen and oxygen atoms in total. The number of hydrogen-bond donors (Lipinski definition) is 1. The van der Waals surface area contributed by atoms with E-state index in [-0.39, 0.29) is 6.61 Å². The lowest BCUT2D eigenvalue weighted by atomic mass is 9.94. The van der Waals surface area contributed by atoms with Gasteiger partial charge < -0.3 is 9.67 Å². The molecule has 18 heavy (non-hydrogen) atoms. The Kier molecular flexibility index (Phi) is 5.68. The smallest absolute Gasteiger partial charge is 0.0945 e. The van der Waals surface area contributed by atoms with E-state index in [4.69, 9.17) is 0 Å². The molecular weight excluding hydrogens is 226 g/mol. The highest BCUT2D eigenvalue weighted by molar-refractivity contribution is 4.77. The van der Waals surface area contributed by atoms with Crippen LogP contribution in [0.2, 0.25) is 0 Å². The minimum absolute atomic E-state index is 0.279. The lowest BCUT2D eigenvalue weighted by Crippen LogP contribution is -2.39. The first-order chi connectivity index (χ1) is 8.90. The van der Waals surface area contributed by atoms with E-state index in [0.29, 0.717) is 6.04 Å². The lowest BCUT2D eigenvalue weighted by Gasteiger charge is -2.34. The molecule has 1 heterocycles. The molecule has 0 amide bonds. The van der Waals surface area contributed by atoms with Crippen molar-refractivity contribution in [2.75, 3.05) is 19.7 Å². The number of aliphatic hydroxyl groups is 1. The zero-order valence-corrected chi connectivity index (χ0v) is 11.2. The van der Waals surface area contributed by atoms with Gasteiger partial charge in [-0.3, -0.25) is 4.90 Å². The van der Waals surface area contributed by atoms with Crippen LogP contribution in [0.15, 0.2) is 18.7 Å². The molecule has 1 fully saturated rings. The molecular formula is C14H25N3O. The molecule has 0 aliphatic heterocycles. The summed E-state index contributed by atoms with van der Waals surface area (Å²) in [5.74, 6) is 0. The molecule has 0 atom stereocenters. The molecule has 1 aromatic heterocycles. The molecule has 0 unspecified atom stereocenters. The summed E-state index contributed by atoms with van der Waals surface area (Å²) in [5, 5.41) is 9.19. The van der Waals surface area contributed by atoms with Gasteiger partial charge in [0, 0.05) is 38.1 Å². The van der Waals surface area contributed by atoms with Gasteiger partial charge in [-0.25, -0.2) is 4.98 Å². The molecule has 1 aliphatic carbocycles. The Morgan fingerprint density at radius 1 is 1.22 bits per heavy atom. The monoisotopic (exact) mass is 251 g/mol. The van der Waals surface area contributed by atoms with Crippen molar-refractivity contribution >= 4 is 0 Å². The minimum atomic E-state index is 0.279. The first kappa shape index (κ1) is 13.6. The number of hydrogen-bond acceptors (Lipinski definition) is 3. The van der Waals surface area contributed by atoms with Gasteiger partial charge in [-0.1, -0.05) is 19.3 Å². The number of aryl methyl sites for hydroxylation is 1. The maximum Gasteiger partial charge on any atom is 0.0945 e. The molecule has 1 aromatic rings. The first-order valence-corrected chi connectivity index (χ1v) is 7.21. The van der Waals surface area contributed by atoms with Gasteiger partial charge in [0.05, 0.1) is 12.9 Å². The van der Waals surface area contributed by atoms with Crippen LogP contribution in [0.4, 0.5) is 0 Å². The Bertz CT molecular complexity index is 307. The third-order valence-electron chi connectivity index (χ3n) is 3.90. The van der Waals surface area contributed by atoms with Crippen molar-refractivity contribution in [3.05, 3.63) is 18.7 Å². The predicted molar refractivity (Wildman–Crippen MR) is 72.4 cm³/mol. The van der Waals surface area contributed by atoms with Gasteiger partial charge in [-0.05, 0) is 19.3 Å². The van der Waals surface area contributed by atoms with E-state index in [9.17, 15) is 5.11 Å². The van der Waals surface area contributed by atoms with Crippen LogP contribution >= 0.6 is 0 Å². The Labute approximate surface area is 110 Å². The molecule has 0 spiro atoms. The average Bonchev–Trinajstić information content (AvgIpc) is 2.92. The summed E-state index contributed by atoms with van der Waals surface area (Å²) >= 11 is 0. The Balaban J connectivity index is 1.74. The highest BCUT2D eigenvalue weighted by atomic mass is 16.3. The third kappa shape index (κ3) is 4.10. The molecule has 2 rings (SSSR count). The van der Waals surface area contributed by atoms with E-state index < -0.39 is 0 Å². The lowest BCUT2D eigenvalue weighted by molar-refractivity contribution is 0.121. The highest BCUT2D eigenvalue weighted by Gasteiger charge is 2.19. The summed E-state index contributed by atoms with van der Waals surface area (Å²) in [6.45, 7) is 3.22. The Morgan fingerprint density at radius 3 is 2.72 bits per heavy atom. The van der Waals surface area contributed by atoms with E-state index in [1.54, 1.807) is 0 Å². The van der Waals surface area contributed by atoms with Crippen LogP contribution in [0.3, 0.4) is 0 Å². The molecule has 1 aliphatic rings. The fourth-order valence-corrected chi connectivity index (χ4v) is 2.93. The van der Waals surface area contributed by atoms with Gasteiger partial charge in [0.25, 0.3) is 0 Å². The zero-order chi connectivity index (χ0) is 12.6. The maximum absolute atomic E-state index is 9.19. The maximum atomic E-state index is 9.19. The predicted octanol–water partition coefficient (Wildman–Crippen LogP) is 1.90. The number of aromatic nitrogens is 2. The standard InChI is InChI=1S/C14H25N3O/c18-12-11-17(14-5-2-1-3-6-14)9-4-8-16-10-7-15-13-16/h7,10,13-14,18H,1-6,8-9,11-12H2. The molecule has 1 saturated carbocycles. The van der Waals surface area contributed by atoms with Crippen molar-refractivity contribution in [2.24, 2.45) is 0 Å². The van der Waals surface area contributed by atoms with Crippen molar-refractivity contribution < 1.29 is 5.11 Å². The van der Waals surface area contributed by atoms with Crippen LogP contribution in [0.1, 0.15) is 38.5 Å². The van der Waals surface area contributed by atoms with Crippen LogP contribution in [0.5, 0.6) is 0 Å². The van der Waals surface area contributed by atoms with E-state index in [2.05, 4.69) is 14.5 Å². The van der Waals surface area contributed by atoms with E-state index in [1.807, 2.05) is 18.7 Å². The summed E-state index contributed by atoms with van der Waals surface area (Å²) in [6.07, 6.45) is 13.6. The van der Waals surface area contributed by atoms with Gasteiger partial charge >= 0.3 is 0 Å². The molecule has 0 aromatic carbocycles. The molecule has 102 valence electrons. The second kappa shape index (κ2) is 7.54. The van der Waals surface area contributed by atoms with Gasteiger partial charge in [0.1, 0.15) is 0 Å². The average molecular weight is 251 g/mol. The molecule has 4 heteroatoms. The van der Waals surface area contributed by atoms with Gasteiger partial charge in [-0.15, -0.1) is 0 Å². The van der Waals surface area contributed by atoms with Crippen molar-refractivity contribution in [1.29, 1.82) is 0 Å². The van der Waals surface area contributed by atoms with E-state index >= 15 is 0 Å². The zero-order valence-electron chi connectivity index (χ0n) is 11.2. The number of imidazole rings is 1. The Hall–Kier alpha value is -0.870. The summed E-state index contributed by atoms with van der Waals surface area (Å²) in [4.78, 5) is 6.54. The van der Waals surface area contributed by atoms with E-state index in [1.165, 1.54) is 32.1 Å². The minimum Gasteiger partial charge on any atom is -0.395 e. The van der Waals surface area contributed by atoms with Crippen LogP contribution in [-0.2, 0) is 6.54 Å². The fourth-order valence-electron chi connectivity index (χ4n) is 2.93. The largest absolute Gasteiger partial charge is 0.395 e. The van der Waals surface area contributed by atoms with Crippen molar-refractivity contribution in [1.82, 2.24) is 14.5 Å². The number of aliphatic hydroxyl groups excluding tert-OH is 1. The van der Waals surface area contributed by atoms with Gasteiger partial charge in [0.15, 0.2) is 0 Å².